The van der Waals surface area contributed by atoms with Crippen molar-refractivity contribution in [3.05, 3.63) is 56.2 Å². The van der Waals surface area contributed by atoms with E-state index in [0.29, 0.717) is 19.6 Å². The number of hydrogen-bond donors (Lipinski definition) is 1. The molecule has 0 atom stereocenters. The monoisotopic (exact) mass is 336 g/mol. The second-order valence-electron chi connectivity index (χ2n) is 5.31. The zero-order chi connectivity index (χ0) is 16.1. The SMILES string of the molecule is CCN(Cc1ccc(Cl)s1)C(=O)NCc1ccc(C)cc1C. The van der Waals surface area contributed by atoms with Crippen molar-refractivity contribution in [2.24, 2.45) is 0 Å². The molecule has 22 heavy (non-hydrogen) atoms. The zero-order valence-electron chi connectivity index (χ0n) is 13.1. The van der Waals surface area contributed by atoms with E-state index in [-0.39, 0.29) is 6.03 Å². The molecule has 3 nitrogen and oxygen atoms in total. The van der Waals surface area contributed by atoms with Gasteiger partial charge in [-0.2, -0.15) is 0 Å². The van der Waals surface area contributed by atoms with Crippen LogP contribution in [0.4, 0.5) is 4.79 Å². The lowest BCUT2D eigenvalue weighted by molar-refractivity contribution is 0.198. The molecule has 0 aliphatic heterocycles. The lowest BCUT2D eigenvalue weighted by atomic mass is 10.1. The van der Waals surface area contributed by atoms with Crippen molar-refractivity contribution in [1.29, 1.82) is 0 Å². The van der Waals surface area contributed by atoms with E-state index in [1.54, 1.807) is 4.90 Å². The number of hydrogen-bond acceptors (Lipinski definition) is 2. The molecule has 5 heteroatoms. The summed E-state index contributed by atoms with van der Waals surface area (Å²) in [6.07, 6.45) is 0. The maximum atomic E-state index is 12.3. The summed E-state index contributed by atoms with van der Waals surface area (Å²) in [5.41, 5.74) is 3.58. The van der Waals surface area contributed by atoms with Crippen molar-refractivity contribution in [3.63, 3.8) is 0 Å². The molecule has 0 saturated carbocycles. The summed E-state index contributed by atoms with van der Waals surface area (Å²) < 4.78 is 0.752. The smallest absolute Gasteiger partial charge is 0.317 e. The maximum Gasteiger partial charge on any atom is 0.317 e. The van der Waals surface area contributed by atoms with E-state index in [1.165, 1.54) is 22.5 Å². The van der Waals surface area contributed by atoms with Gasteiger partial charge in [0, 0.05) is 18.0 Å². The predicted molar refractivity (Wildman–Crippen MR) is 93.6 cm³/mol. The number of aryl methyl sites for hydroxylation is 2. The fourth-order valence-corrected chi connectivity index (χ4v) is 3.38. The van der Waals surface area contributed by atoms with Crippen LogP contribution in [0.25, 0.3) is 0 Å². The van der Waals surface area contributed by atoms with Gasteiger partial charge >= 0.3 is 6.03 Å². The van der Waals surface area contributed by atoms with Crippen LogP contribution < -0.4 is 5.32 Å². The first-order valence-electron chi connectivity index (χ1n) is 7.32. The molecular formula is C17H21ClN2OS. The van der Waals surface area contributed by atoms with Gasteiger partial charge in [-0.3, -0.25) is 0 Å². The number of carbonyl (C=O) groups is 1. The van der Waals surface area contributed by atoms with Crippen molar-refractivity contribution >= 4 is 29.0 Å². The third kappa shape index (κ3) is 4.49. The number of halogens is 1. The number of nitrogens with zero attached hydrogens (tertiary/aromatic N) is 1. The van der Waals surface area contributed by atoms with Gasteiger partial charge in [-0.25, -0.2) is 4.79 Å². The first kappa shape index (κ1) is 16.8. The minimum atomic E-state index is -0.0491. The topological polar surface area (TPSA) is 32.3 Å². The Hall–Kier alpha value is -1.52. The minimum absolute atomic E-state index is 0.0491. The second-order valence-corrected chi connectivity index (χ2v) is 7.11. The van der Waals surface area contributed by atoms with Gasteiger partial charge in [0.25, 0.3) is 0 Å². The van der Waals surface area contributed by atoms with Crippen LogP contribution in [-0.2, 0) is 13.1 Å². The predicted octanol–water partition coefficient (Wildman–Crippen LogP) is 4.75. The van der Waals surface area contributed by atoms with Crippen molar-refractivity contribution < 1.29 is 4.79 Å². The van der Waals surface area contributed by atoms with Gasteiger partial charge < -0.3 is 10.2 Å². The molecule has 2 amide bonds. The first-order chi connectivity index (χ1) is 10.5. The van der Waals surface area contributed by atoms with Gasteiger partial charge in [-0.05, 0) is 44.0 Å². The van der Waals surface area contributed by atoms with Crippen molar-refractivity contribution in [1.82, 2.24) is 10.2 Å². The van der Waals surface area contributed by atoms with Gasteiger partial charge in [0.15, 0.2) is 0 Å². The highest BCUT2D eigenvalue weighted by Crippen LogP contribution is 2.22. The molecule has 0 radical (unpaired) electrons. The highest BCUT2D eigenvalue weighted by molar-refractivity contribution is 7.16. The van der Waals surface area contributed by atoms with E-state index in [0.717, 1.165) is 14.8 Å². The molecule has 0 aliphatic carbocycles. The molecule has 0 aliphatic rings. The summed E-state index contributed by atoms with van der Waals surface area (Å²) in [4.78, 5) is 15.2. The molecular weight excluding hydrogens is 316 g/mol. The van der Waals surface area contributed by atoms with Crippen LogP contribution in [0.1, 0.15) is 28.5 Å². The largest absolute Gasteiger partial charge is 0.334 e. The second kappa shape index (κ2) is 7.65. The molecule has 1 aromatic carbocycles. The Kier molecular flexibility index (Phi) is 5.86. The molecule has 0 unspecified atom stereocenters. The number of benzene rings is 1. The van der Waals surface area contributed by atoms with Gasteiger partial charge in [0.2, 0.25) is 0 Å². The zero-order valence-corrected chi connectivity index (χ0v) is 14.7. The van der Waals surface area contributed by atoms with Crippen LogP contribution in [0.2, 0.25) is 4.34 Å². The number of nitrogens with one attached hydrogen (secondary N) is 1. The summed E-state index contributed by atoms with van der Waals surface area (Å²) in [7, 11) is 0. The number of rotatable bonds is 5. The van der Waals surface area contributed by atoms with Crippen molar-refractivity contribution in [3.8, 4) is 0 Å². The quantitative estimate of drug-likeness (QED) is 0.839. The standard InChI is InChI=1S/C17H21ClN2OS/c1-4-20(11-15-7-8-16(18)22-15)17(21)19-10-14-6-5-12(2)9-13(14)3/h5-9H,4,10-11H2,1-3H3,(H,19,21). The lowest BCUT2D eigenvalue weighted by Gasteiger charge is -2.21. The molecule has 0 bridgehead atoms. The fourth-order valence-electron chi connectivity index (χ4n) is 2.28. The Bertz CT molecular complexity index is 654. The van der Waals surface area contributed by atoms with E-state index >= 15 is 0 Å². The highest BCUT2D eigenvalue weighted by Gasteiger charge is 2.13. The highest BCUT2D eigenvalue weighted by atomic mass is 35.5. The minimum Gasteiger partial charge on any atom is -0.334 e. The summed E-state index contributed by atoms with van der Waals surface area (Å²) in [6.45, 7) is 7.92. The Morgan fingerprint density at radius 1 is 1.27 bits per heavy atom. The molecule has 0 fully saturated rings. The van der Waals surface area contributed by atoms with Crippen LogP contribution in [0.5, 0.6) is 0 Å². The third-order valence-electron chi connectivity index (χ3n) is 3.57. The molecule has 2 aromatic rings. The van der Waals surface area contributed by atoms with E-state index in [2.05, 4.69) is 37.4 Å². The molecule has 118 valence electrons. The average molecular weight is 337 g/mol. The first-order valence-corrected chi connectivity index (χ1v) is 8.52. The third-order valence-corrected chi connectivity index (χ3v) is 4.79. The summed E-state index contributed by atoms with van der Waals surface area (Å²) in [5.74, 6) is 0. The van der Waals surface area contributed by atoms with E-state index in [1.807, 2.05) is 19.1 Å². The Labute approximate surface area is 140 Å². The van der Waals surface area contributed by atoms with Crippen molar-refractivity contribution in [2.45, 2.75) is 33.9 Å². The molecule has 0 saturated heterocycles. The van der Waals surface area contributed by atoms with Crippen LogP contribution in [0.3, 0.4) is 0 Å². The summed E-state index contributed by atoms with van der Waals surface area (Å²) in [5, 5.41) is 3.00. The Morgan fingerprint density at radius 3 is 2.64 bits per heavy atom. The molecule has 1 aromatic heterocycles. The van der Waals surface area contributed by atoms with Crippen LogP contribution in [-0.4, -0.2) is 17.5 Å². The van der Waals surface area contributed by atoms with Gasteiger partial charge in [-0.15, -0.1) is 11.3 Å². The molecule has 1 N–H and O–H groups in total. The van der Waals surface area contributed by atoms with Gasteiger partial charge in [0.05, 0.1) is 10.9 Å². The van der Waals surface area contributed by atoms with Gasteiger partial charge in [0.1, 0.15) is 0 Å². The Morgan fingerprint density at radius 2 is 2.05 bits per heavy atom. The number of amides is 2. The van der Waals surface area contributed by atoms with Crippen LogP contribution in [0.15, 0.2) is 30.3 Å². The van der Waals surface area contributed by atoms with E-state index in [4.69, 9.17) is 11.6 Å². The summed E-state index contributed by atoms with van der Waals surface area (Å²) in [6, 6.07) is 10.1. The van der Waals surface area contributed by atoms with Crippen LogP contribution in [0, 0.1) is 13.8 Å². The normalized spacial score (nSPS) is 10.5. The molecule has 0 spiro atoms. The van der Waals surface area contributed by atoms with E-state index in [9.17, 15) is 4.79 Å². The number of thiophene rings is 1. The summed E-state index contributed by atoms with van der Waals surface area (Å²) >= 11 is 7.45. The maximum absolute atomic E-state index is 12.3. The lowest BCUT2D eigenvalue weighted by Crippen LogP contribution is -2.38. The average Bonchev–Trinajstić information content (AvgIpc) is 2.89. The van der Waals surface area contributed by atoms with Crippen LogP contribution >= 0.6 is 22.9 Å². The van der Waals surface area contributed by atoms with E-state index < -0.39 is 0 Å². The Balaban J connectivity index is 1.94. The number of carbonyl (C=O) groups excluding carboxylic acids is 1. The molecule has 2 rings (SSSR count). The van der Waals surface area contributed by atoms with Gasteiger partial charge in [-0.1, -0.05) is 35.4 Å². The molecule has 1 heterocycles. The fraction of sp³-hybridized carbons (Fsp3) is 0.353. The number of urea groups is 1. The van der Waals surface area contributed by atoms with Crippen molar-refractivity contribution in [2.75, 3.05) is 6.54 Å².